The second-order valence-electron chi connectivity index (χ2n) is 10.5. The molecule has 2 N–H and O–H groups in total. The van der Waals surface area contributed by atoms with Gasteiger partial charge in [0.05, 0.1) is 23.9 Å². The number of nitrogens with one attached hydrogen (secondary N) is 2. The topological polar surface area (TPSA) is 103 Å². The molecule has 0 saturated heterocycles. The molecular formula is C32H39F3N2O6. The Hall–Kier alpha value is -4.02. The number of hydrogen-bond acceptors (Lipinski definition) is 6. The zero-order chi connectivity index (χ0) is 31.7. The summed E-state index contributed by atoms with van der Waals surface area (Å²) >= 11 is 0. The van der Waals surface area contributed by atoms with Gasteiger partial charge in [-0.3, -0.25) is 4.79 Å². The van der Waals surface area contributed by atoms with Gasteiger partial charge in [-0.15, -0.1) is 0 Å². The van der Waals surface area contributed by atoms with Gasteiger partial charge in [0.1, 0.15) is 18.1 Å². The van der Waals surface area contributed by atoms with Crippen LogP contribution in [-0.4, -0.2) is 31.1 Å². The van der Waals surface area contributed by atoms with E-state index in [1.165, 1.54) is 19.2 Å². The number of hydrogen-bond donors (Lipinski definition) is 2. The molecule has 3 rings (SSSR count). The lowest BCUT2D eigenvalue weighted by atomic mass is 9.93. The van der Waals surface area contributed by atoms with Gasteiger partial charge >= 0.3 is 24.1 Å². The molecule has 0 saturated carbocycles. The number of halogens is 3. The van der Waals surface area contributed by atoms with Crippen LogP contribution in [-0.2, 0) is 28.7 Å². The summed E-state index contributed by atoms with van der Waals surface area (Å²) < 4.78 is 55.8. The Kier molecular flexibility index (Phi) is 11.6. The number of para-hydroxylation sites is 1. The van der Waals surface area contributed by atoms with Gasteiger partial charge in [0, 0.05) is 23.6 Å². The Morgan fingerprint density at radius 1 is 1.16 bits per heavy atom. The molecule has 234 valence electrons. The van der Waals surface area contributed by atoms with Crippen molar-refractivity contribution >= 4 is 23.7 Å². The van der Waals surface area contributed by atoms with Gasteiger partial charge in [0.25, 0.3) is 0 Å². The molecule has 1 aliphatic heterocycles. The van der Waals surface area contributed by atoms with Crippen LogP contribution >= 0.6 is 0 Å². The van der Waals surface area contributed by atoms with Gasteiger partial charge in [-0.2, -0.15) is 13.2 Å². The first kappa shape index (κ1) is 33.5. The largest absolute Gasteiger partial charge is 0.496 e. The van der Waals surface area contributed by atoms with E-state index in [1.807, 2.05) is 19.9 Å². The fourth-order valence-electron chi connectivity index (χ4n) is 5.00. The van der Waals surface area contributed by atoms with Crippen molar-refractivity contribution < 1.29 is 41.8 Å². The Bertz CT molecular complexity index is 1370. The Balaban J connectivity index is 1.81. The van der Waals surface area contributed by atoms with Gasteiger partial charge in [-0.25, -0.2) is 9.59 Å². The number of carbonyl (C=O) groups is 3. The average molecular weight is 605 g/mol. The molecule has 2 amide bonds. The zero-order valence-corrected chi connectivity index (χ0v) is 25.2. The maximum atomic E-state index is 13.2. The van der Waals surface area contributed by atoms with E-state index in [9.17, 15) is 27.6 Å². The van der Waals surface area contributed by atoms with Crippen LogP contribution in [0, 0.1) is 6.92 Å². The van der Waals surface area contributed by atoms with Crippen molar-refractivity contribution in [2.75, 3.05) is 12.4 Å². The highest BCUT2D eigenvalue weighted by atomic mass is 19.4. The first-order valence-electron chi connectivity index (χ1n) is 14.4. The summed E-state index contributed by atoms with van der Waals surface area (Å²) in [4.78, 5) is 38.2. The number of urea groups is 1. The summed E-state index contributed by atoms with van der Waals surface area (Å²) in [6.45, 7) is 7.73. The third-order valence-electron chi connectivity index (χ3n) is 7.44. The molecule has 2 aromatic carbocycles. The van der Waals surface area contributed by atoms with Crippen molar-refractivity contribution in [3.05, 3.63) is 63.7 Å². The predicted molar refractivity (Wildman–Crippen MR) is 156 cm³/mol. The number of ether oxygens (including phenoxy) is 3. The number of alkyl halides is 3. The summed E-state index contributed by atoms with van der Waals surface area (Å²) in [5, 5.41) is 5.86. The van der Waals surface area contributed by atoms with Crippen molar-refractivity contribution in [1.82, 2.24) is 5.32 Å². The lowest BCUT2D eigenvalue weighted by molar-refractivity contribution is -0.142. The smallest absolute Gasteiger partial charge is 0.419 e. The van der Waals surface area contributed by atoms with Crippen LogP contribution < -0.4 is 20.1 Å². The number of methoxy groups -OCH3 is 1. The lowest BCUT2D eigenvalue weighted by Gasteiger charge is -2.22. The van der Waals surface area contributed by atoms with Gasteiger partial charge in [-0.1, -0.05) is 50.5 Å². The number of carbonyl (C=O) groups excluding carboxylic acids is 3. The number of benzene rings is 2. The molecule has 1 atom stereocenters. The molecule has 0 bridgehead atoms. The molecule has 11 heteroatoms. The van der Waals surface area contributed by atoms with Crippen LogP contribution in [0.5, 0.6) is 11.5 Å². The zero-order valence-electron chi connectivity index (χ0n) is 25.2. The fraction of sp³-hybridized carbons (Fsp3) is 0.469. The first-order valence-corrected chi connectivity index (χ1v) is 14.4. The molecule has 0 aromatic heterocycles. The monoisotopic (exact) mass is 604 g/mol. The number of amides is 2. The van der Waals surface area contributed by atoms with Crippen LogP contribution in [0.2, 0.25) is 0 Å². The van der Waals surface area contributed by atoms with E-state index in [2.05, 4.69) is 17.6 Å². The van der Waals surface area contributed by atoms with E-state index in [4.69, 9.17) is 14.2 Å². The minimum absolute atomic E-state index is 0.0271. The maximum Gasteiger partial charge on any atom is 0.419 e. The molecule has 0 spiro atoms. The van der Waals surface area contributed by atoms with E-state index >= 15 is 0 Å². The first-order chi connectivity index (χ1) is 20.4. The summed E-state index contributed by atoms with van der Waals surface area (Å²) in [7, 11) is 1.50. The highest BCUT2D eigenvalue weighted by molar-refractivity contribution is 6.05. The molecule has 1 aliphatic rings. The Labute approximate surface area is 250 Å². The van der Waals surface area contributed by atoms with Gasteiger partial charge in [0.2, 0.25) is 0 Å². The fourth-order valence-corrected chi connectivity index (χ4v) is 5.00. The highest BCUT2D eigenvalue weighted by Gasteiger charge is 2.35. The van der Waals surface area contributed by atoms with E-state index < -0.39 is 35.5 Å². The number of unbranched alkanes of at least 4 members (excludes halogenated alkanes) is 1. The quantitative estimate of drug-likeness (QED) is 0.138. The number of allylic oxidation sites excluding steroid dienone is 2. The summed E-state index contributed by atoms with van der Waals surface area (Å²) in [5.74, 6) is -1.39. The minimum atomic E-state index is -4.65. The molecular weight excluding hydrogens is 565 g/mol. The third-order valence-corrected chi connectivity index (χ3v) is 7.44. The Morgan fingerprint density at radius 2 is 1.88 bits per heavy atom. The van der Waals surface area contributed by atoms with E-state index in [0.717, 1.165) is 49.0 Å². The van der Waals surface area contributed by atoms with E-state index in [-0.39, 0.29) is 37.5 Å². The van der Waals surface area contributed by atoms with Gasteiger partial charge in [-0.05, 0) is 57.2 Å². The Morgan fingerprint density at radius 3 is 2.53 bits per heavy atom. The number of esters is 2. The minimum Gasteiger partial charge on any atom is -0.496 e. The molecule has 0 aliphatic carbocycles. The van der Waals surface area contributed by atoms with Crippen LogP contribution in [0.4, 0.5) is 23.7 Å². The average Bonchev–Trinajstić information content (AvgIpc) is 3.35. The molecule has 0 fully saturated rings. The number of cyclic esters (lactones) is 1. The normalized spacial score (nSPS) is 13.7. The van der Waals surface area contributed by atoms with Gasteiger partial charge in [0.15, 0.2) is 0 Å². The predicted octanol–water partition coefficient (Wildman–Crippen LogP) is 7.66. The molecule has 8 nitrogen and oxygen atoms in total. The second kappa shape index (κ2) is 14.9. The highest BCUT2D eigenvalue weighted by Crippen LogP contribution is 2.41. The van der Waals surface area contributed by atoms with Crippen molar-refractivity contribution in [1.29, 1.82) is 0 Å². The third kappa shape index (κ3) is 8.52. The standard InChI is InChI=1S/C32H39F3N2O6/c1-6-8-11-21(7-2)36-31(40)37-28-22(29(41-5)20(4)23-18-42-30(39)27(23)28)16-14-19(3)15-17-26(38)43-25-13-10-9-12-24(25)32(33,34)35/h9-10,12-14,21H,6-8,11,15-18H2,1-5H3,(H2,36,37,40)/b19-14+. The van der Waals surface area contributed by atoms with Crippen molar-refractivity contribution in [2.45, 2.75) is 91.5 Å². The SMILES string of the molecule is CCCCC(CC)NC(=O)Nc1c(C/C=C(\C)CCC(=O)Oc2ccccc2C(F)(F)F)c(OC)c(C)c2c1C(=O)OC2. The number of rotatable bonds is 13. The molecule has 2 aromatic rings. The molecule has 1 heterocycles. The van der Waals surface area contributed by atoms with Crippen LogP contribution in [0.3, 0.4) is 0 Å². The van der Waals surface area contributed by atoms with Crippen LogP contribution in [0.25, 0.3) is 0 Å². The van der Waals surface area contributed by atoms with Gasteiger partial charge < -0.3 is 24.8 Å². The van der Waals surface area contributed by atoms with E-state index in [0.29, 0.717) is 22.6 Å². The summed E-state index contributed by atoms with van der Waals surface area (Å²) in [6, 6.07) is 4.08. The number of anilines is 1. The lowest BCUT2D eigenvalue weighted by Crippen LogP contribution is -2.38. The second-order valence-corrected chi connectivity index (χ2v) is 10.5. The summed E-state index contributed by atoms with van der Waals surface area (Å²) in [6.07, 6.45) is 1.04. The van der Waals surface area contributed by atoms with Crippen molar-refractivity contribution in [2.24, 2.45) is 0 Å². The maximum absolute atomic E-state index is 13.2. The summed E-state index contributed by atoms with van der Waals surface area (Å²) in [5.41, 5.74) is 2.24. The van der Waals surface area contributed by atoms with Crippen molar-refractivity contribution in [3.63, 3.8) is 0 Å². The van der Waals surface area contributed by atoms with E-state index in [1.54, 1.807) is 6.92 Å². The number of fused-ring (bicyclic) bond motifs is 1. The molecule has 0 radical (unpaired) electrons. The molecule has 43 heavy (non-hydrogen) atoms. The van der Waals surface area contributed by atoms with Crippen LogP contribution in [0.15, 0.2) is 35.9 Å². The van der Waals surface area contributed by atoms with Crippen LogP contribution in [0.1, 0.15) is 91.9 Å². The van der Waals surface area contributed by atoms with Crippen molar-refractivity contribution in [3.8, 4) is 11.5 Å². The molecule has 1 unspecified atom stereocenters.